The third-order valence-electron chi connectivity index (χ3n) is 3.55. The quantitative estimate of drug-likeness (QED) is 0.297. The lowest BCUT2D eigenvalue weighted by atomic mass is 9.89. The molecule has 0 amide bonds. The minimum absolute atomic E-state index is 0.647. The smallest absolute Gasteiger partial charge is 0.0202 e. The van der Waals surface area contributed by atoms with E-state index in [-0.39, 0.29) is 0 Å². The summed E-state index contributed by atoms with van der Waals surface area (Å²) in [7, 11) is 0. The molecule has 0 saturated heterocycles. The van der Waals surface area contributed by atoms with Crippen molar-refractivity contribution in [2.75, 3.05) is 0 Å². The van der Waals surface area contributed by atoms with Crippen LogP contribution in [-0.2, 0) is 0 Å². The van der Waals surface area contributed by atoms with Crippen LogP contribution in [0, 0.1) is 11.8 Å². The molecule has 0 aromatic carbocycles. The summed E-state index contributed by atoms with van der Waals surface area (Å²) in [4.78, 5) is 0. The van der Waals surface area contributed by atoms with Gasteiger partial charge in [-0.3, -0.25) is 0 Å². The summed E-state index contributed by atoms with van der Waals surface area (Å²) < 4.78 is 0. The minimum atomic E-state index is 0.647. The van der Waals surface area contributed by atoms with Crippen molar-refractivity contribution in [3.8, 4) is 0 Å². The SMILES string of the molecule is C=CCC(C)CC(=CCCCC)CC(C=C)CC. The summed E-state index contributed by atoms with van der Waals surface area (Å²) >= 11 is 0. The second-order valence-electron chi connectivity index (χ2n) is 5.45. The van der Waals surface area contributed by atoms with Gasteiger partial charge in [0.2, 0.25) is 0 Å². The number of allylic oxidation sites excluding steroid dienone is 4. The van der Waals surface area contributed by atoms with Crippen molar-refractivity contribution >= 4 is 0 Å². The molecule has 0 rings (SSSR count). The molecular weight excluding hydrogens is 216 g/mol. The van der Waals surface area contributed by atoms with Gasteiger partial charge in [-0.25, -0.2) is 0 Å². The number of hydrogen-bond donors (Lipinski definition) is 0. The van der Waals surface area contributed by atoms with Gasteiger partial charge in [-0.05, 0) is 43.9 Å². The fourth-order valence-corrected chi connectivity index (χ4v) is 2.31. The van der Waals surface area contributed by atoms with Crippen LogP contribution >= 0.6 is 0 Å². The van der Waals surface area contributed by atoms with Gasteiger partial charge in [0.05, 0.1) is 0 Å². The van der Waals surface area contributed by atoms with E-state index in [1.54, 1.807) is 5.57 Å². The van der Waals surface area contributed by atoms with E-state index in [1.807, 2.05) is 6.08 Å². The molecule has 0 N–H and O–H groups in total. The van der Waals surface area contributed by atoms with Gasteiger partial charge in [-0.15, -0.1) is 13.2 Å². The zero-order valence-electron chi connectivity index (χ0n) is 12.8. The Kier molecular flexibility index (Phi) is 10.8. The summed E-state index contributed by atoms with van der Waals surface area (Å²) in [6.45, 7) is 14.6. The maximum absolute atomic E-state index is 3.95. The Bertz CT molecular complexity index is 247. The van der Waals surface area contributed by atoms with E-state index in [0.717, 1.165) is 12.3 Å². The molecule has 0 bridgehead atoms. The Balaban J connectivity index is 4.44. The van der Waals surface area contributed by atoms with Gasteiger partial charge in [-0.2, -0.15) is 0 Å². The van der Waals surface area contributed by atoms with Crippen LogP contribution in [0.2, 0.25) is 0 Å². The molecule has 0 fully saturated rings. The van der Waals surface area contributed by atoms with E-state index in [1.165, 1.54) is 38.5 Å². The highest BCUT2D eigenvalue weighted by Gasteiger charge is 2.09. The summed E-state index contributed by atoms with van der Waals surface area (Å²) in [5, 5.41) is 0. The Morgan fingerprint density at radius 2 is 1.89 bits per heavy atom. The first-order valence-corrected chi connectivity index (χ1v) is 7.59. The number of hydrogen-bond acceptors (Lipinski definition) is 0. The monoisotopic (exact) mass is 248 g/mol. The number of rotatable bonds is 11. The van der Waals surface area contributed by atoms with Crippen LogP contribution in [0.4, 0.5) is 0 Å². The molecule has 18 heavy (non-hydrogen) atoms. The molecule has 2 unspecified atom stereocenters. The molecule has 0 aromatic rings. The lowest BCUT2D eigenvalue weighted by molar-refractivity contribution is 0.536. The van der Waals surface area contributed by atoms with Crippen LogP contribution in [0.5, 0.6) is 0 Å². The van der Waals surface area contributed by atoms with Crippen LogP contribution in [0.25, 0.3) is 0 Å². The Hall–Kier alpha value is -0.780. The Morgan fingerprint density at radius 1 is 1.17 bits per heavy atom. The van der Waals surface area contributed by atoms with E-state index in [0.29, 0.717) is 5.92 Å². The summed E-state index contributed by atoms with van der Waals surface area (Å²) in [6, 6.07) is 0. The standard InChI is InChI=1S/C18H32/c1-6-10-11-13-18(14-16(5)12-7-2)15-17(8-3)9-4/h7-8,13,16-17H,2-3,6,9-12,14-15H2,1,4-5H3. The molecule has 0 heteroatoms. The van der Waals surface area contributed by atoms with E-state index in [4.69, 9.17) is 0 Å². The van der Waals surface area contributed by atoms with E-state index >= 15 is 0 Å². The average Bonchev–Trinajstić information content (AvgIpc) is 2.36. The van der Waals surface area contributed by atoms with Gasteiger partial charge in [0.1, 0.15) is 0 Å². The largest absolute Gasteiger partial charge is 0.103 e. The second-order valence-corrected chi connectivity index (χ2v) is 5.45. The molecule has 0 radical (unpaired) electrons. The highest BCUT2D eigenvalue weighted by atomic mass is 14.1. The van der Waals surface area contributed by atoms with Crippen molar-refractivity contribution in [2.45, 2.75) is 65.7 Å². The molecule has 0 aliphatic heterocycles. The Labute approximate surface area is 115 Å². The first-order valence-electron chi connectivity index (χ1n) is 7.59. The van der Waals surface area contributed by atoms with Crippen molar-refractivity contribution in [1.82, 2.24) is 0 Å². The van der Waals surface area contributed by atoms with Crippen LogP contribution in [0.1, 0.15) is 65.7 Å². The highest BCUT2D eigenvalue weighted by Crippen LogP contribution is 2.24. The van der Waals surface area contributed by atoms with Gasteiger partial charge in [0.15, 0.2) is 0 Å². The predicted octanol–water partition coefficient (Wildman–Crippen LogP) is 6.31. The molecule has 104 valence electrons. The minimum Gasteiger partial charge on any atom is -0.103 e. The average molecular weight is 248 g/mol. The van der Waals surface area contributed by atoms with Crippen molar-refractivity contribution in [1.29, 1.82) is 0 Å². The molecular formula is C18H32. The maximum atomic E-state index is 3.95. The van der Waals surface area contributed by atoms with Crippen molar-refractivity contribution in [2.24, 2.45) is 11.8 Å². The topological polar surface area (TPSA) is 0 Å². The maximum Gasteiger partial charge on any atom is -0.0202 e. The van der Waals surface area contributed by atoms with Crippen molar-refractivity contribution < 1.29 is 0 Å². The summed E-state index contributed by atoms with van der Waals surface area (Å²) in [6.07, 6.45) is 15.2. The molecule has 0 saturated carbocycles. The molecule has 0 aromatic heterocycles. The fourth-order valence-electron chi connectivity index (χ4n) is 2.31. The summed E-state index contributed by atoms with van der Waals surface area (Å²) in [5.41, 5.74) is 1.63. The third-order valence-corrected chi connectivity index (χ3v) is 3.55. The highest BCUT2D eigenvalue weighted by molar-refractivity contribution is 5.06. The zero-order valence-corrected chi connectivity index (χ0v) is 12.8. The molecule has 0 nitrogen and oxygen atoms in total. The Morgan fingerprint density at radius 3 is 2.39 bits per heavy atom. The third kappa shape index (κ3) is 8.33. The van der Waals surface area contributed by atoms with E-state index < -0.39 is 0 Å². The number of unbranched alkanes of at least 4 members (excludes halogenated alkanes) is 2. The van der Waals surface area contributed by atoms with E-state index in [9.17, 15) is 0 Å². The van der Waals surface area contributed by atoms with Gasteiger partial charge in [-0.1, -0.05) is 57.4 Å². The predicted molar refractivity (Wildman–Crippen MR) is 84.8 cm³/mol. The lowest BCUT2D eigenvalue weighted by Crippen LogP contribution is -2.02. The van der Waals surface area contributed by atoms with Gasteiger partial charge >= 0.3 is 0 Å². The van der Waals surface area contributed by atoms with Gasteiger partial charge in [0.25, 0.3) is 0 Å². The second kappa shape index (κ2) is 11.3. The van der Waals surface area contributed by atoms with Crippen LogP contribution in [-0.4, -0.2) is 0 Å². The van der Waals surface area contributed by atoms with Crippen LogP contribution in [0.15, 0.2) is 37.0 Å². The molecule has 0 aliphatic rings. The van der Waals surface area contributed by atoms with E-state index in [2.05, 4.69) is 46.1 Å². The normalized spacial score (nSPS) is 15.2. The molecule has 0 aliphatic carbocycles. The first-order chi connectivity index (χ1) is 8.67. The first kappa shape index (κ1) is 17.2. The lowest BCUT2D eigenvalue weighted by Gasteiger charge is -2.17. The van der Waals surface area contributed by atoms with Crippen LogP contribution in [0.3, 0.4) is 0 Å². The molecule has 0 spiro atoms. The van der Waals surface area contributed by atoms with Gasteiger partial charge < -0.3 is 0 Å². The van der Waals surface area contributed by atoms with Gasteiger partial charge in [0, 0.05) is 0 Å². The zero-order chi connectivity index (χ0) is 13.8. The van der Waals surface area contributed by atoms with Crippen molar-refractivity contribution in [3.63, 3.8) is 0 Å². The van der Waals surface area contributed by atoms with Crippen LogP contribution < -0.4 is 0 Å². The fraction of sp³-hybridized carbons (Fsp3) is 0.667. The molecule has 2 atom stereocenters. The summed E-state index contributed by atoms with van der Waals surface area (Å²) in [5.74, 6) is 1.37. The molecule has 0 heterocycles. The van der Waals surface area contributed by atoms with Crippen molar-refractivity contribution in [3.05, 3.63) is 37.0 Å².